The van der Waals surface area contributed by atoms with E-state index in [4.69, 9.17) is 4.74 Å². The molecule has 1 heterocycles. The lowest BCUT2D eigenvalue weighted by atomic mass is 9.98. The van der Waals surface area contributed by atoms with E-state index in [-0.39, 0.29) is 29.9 Å². The van der Waals surface area contributed by atoms with Crippen molar-refractivity contribution >= 4 is 29.1 Å². The summed E-state index contributed by atoms with van der Waals surface area (Å²) in [5.41, 5.74) is 5.53. The average Bonchev–Trinajstić information content (AvgIpc) is 3.15. The molecule has 0 spiro atoms. The van der Waals surface area contributed by atoms with Gasteiger partial charge >= 0.3 is 6.03 Å². The van der Waals surface area contributed by atoms with E-state index in [1.54, 1.807) is 30.1 Å². The molecule has 5 rings (SSSR count). The van der Waals surface area contributed by atoms with E-state index in [0.717, 1.165) is 35.2 Å². The number of hydrogen-bond acceptors (Lipinski definition) is 5. The largest absolute Gasteiger partial charge is 0.373 e. The van der Waals surface area contributed by atoms with Gasteiger partial charge in [-0.05, 0) is 61.2 Å². The van der Waals surface area contributed by atoms with Crippen LogP contribution in [0.25, 0.3) is 11.1 Å². The third-order valence-corrected chi connectivity index (χ3v) is 9.39. The summed E-state index contributed by atoms with van der Waals surface area (Å²) < 4.78 is 5.92. The summed E-state index contributed by atoms with van der Waals surface area (Å²) in [4.78, 5) is 44.1. The number of benzene rings is 4. The molecule has 4 aromatic carbocycles. The zero-order valence-corrected chi connectivity index (χ0v) is 30.4. The Morgan fingerprint density at radius 1 is 0.804 bits per heavy atom. The Hall–Kier alpha value is -4.95. The topological polar surface area (TPSA) is 91.0 Å². The molecule has 4 aromatic rings. The van der Waals surface area contributed by atoms with Crippen molar-refractivity contribution in [3.63, 3.8) is 0 Å². The normalized spacial score (nSPS) is 16.3. The summed E-state index contributed by atoms with van der Waals surface area (Å²) in [7, 11) is 1.79. The molecule has 268 valence electrons. The molecule has 0 bridgehead atoms. The maximum atomic E-state index is 14.2. The second-order valence-electron chi connectivity index (χ2n) is 13.6. The lowest BCUT2D eigenvalue weighted by Crippen LogP contribution is -2.53. The number of urea groups is 1. The highest BCUT2D eigenvalue weighted by Crippen LogP contribution is 2.27. The van der Waals surface area contributed by atoms with Gasteiger partial charge in [0.05, 0.1) is 12.2 Å². The number of ether oxygens (including phenoxy) is 1. The number of hydrogen-bond donors (Lipinski definition) is 2. The van der Waals surface area contributed by atoms with Crippen molar-refractivity contribution in [2.45, 2.75) is 77.5 Å². The van der Waals surface area contributed by atoms with Crippen LogP contribution in [-0.4, -0.2) is 67.6 Å². The van der Waals surface area contributed by atoms with Crippen molar-refractivity contribution in [1.29, 1.82) is 0 Å². The summed E-state index contributed by atoms with van der Waals surface area (Å²) in [5.74, 6) is -0.131. The van der Waals surface area contributed by atoms with Gasteiger partial charge in [-0.1, -0.05) is 111 Å². The van der Waals surface area contributed by atoms with Gasteiger partial charge in [-0.2, -0.15) is 0 Å². The van der Waals surface area contributed by atoms with Crippen molar-refractivity contribution < 1.29 is 19.1 Å². The summed E-state index contributed by atoms with van der Waals surface area (Å²) >= 11 is 0. The van der Waals surface area contributed by atoms with Gasteiger partial charge in [0.25, 0.3) is 0 Å². The standard InChI is InChI=1S/C43H52N4O4/c1-5-6-7-8-14-26-44-43(50)46(4)37-19-15-18-36(28-37)34-24-22-33(23-25-34)27-40(42(49)47-29-31(2)51-32(3)30-47)45-39-21-13-12-20-38(39)41(48)35-16-10-9-11-17-35/h9-13,15-25,28,31-32,40,45H,5-8,14,26-27,29-30H2,1-4H3,(H,44,50)/t31-,32?,40?/m0/s1. The van der Waals surface area contributed by atoms with Gasteiger partial charge in [0, 0.05) is 55.6 Å². The predicted molar refractivity (Wildman–Crippen MR) is 206 cm³/mol. The van der Waals surface area contributed by atoms with Gasteiger partial charge in [0.15, 0.2) is 5.78 Å². The zero-order valence-electron chi connectivity index (χ0n) is 30.4. The van der Waals surface area contributed by atoms with E-state index in [2.05, 4.69) is 29.7 Å². The second-order valence-corrected chi connectivity index (χ2v) is 13.6. The number of nitrogens with zero attached hydrogens (tertiary/aromatic N) is 2. The molecule has 0 aliphatic carbocycles. The number of rotatable bonds is 15. The molecule has 0 radical (unpaired) electrons. The van der Waals surface area contributed by atoms with Crippen LogP contribution in [0.4, 0.5) is 16.2 Å². The highest BCUT2D eigenvalue weighted by atomic mass is 16.5. The van der Waals surface area contributed by atoms with Crippen LogP contribution < -0.4 is 15.5 Å². The van der Waals surface area contributed by atoms with E-state index in [0.29, 0.717) is 42.9 Å². The van der Waals surface area contributed by atoms with Gasteiger partial charge in [0.1, 0.15) is 6.04 Å². The molecule has 8 nitrogen and oxygen atoms in total. The first-order valence-electron chi connectivity index (χ1n) is 18.3. The quantitative estimate of drug-likeness (QED) is 0.0968. The lowest BCUT2D eigenvalue weighted by Gasteiger charge is -2.37. The Kier molecular flexibility index (Phi) is 13.4. The molecule has 0 aromatic heterocycles. The van der Waals surface area contributed by atoms with E-state index in [1.165, 1.54) is 19.3 Å². The van der Waals surface area contributed by atoms with Gasteiger partial charge < -0.3 is 20.3 Å². The SMILES string of the molecule is CCCCCCCNC(=O)N(C)c1cccc(-c2ccc(CC(Nc3ccccc3C(=O)c3ccccc3)C(=O)N3CC(C)O[C@@H](C)C3)cc2)c1. The molecule has 3 atom stereocenters. The smallest absolute Gasteiger partial charge is 0.321 e. The average molecular weight is 689 g/mol. The maximum absolute atomic E-state index is 14.2. The number of carbonyl (C=O) groups excluding carboxylic acids is 3. The van der Waals surface area contributed by atoms with Crippen LogP contribution in [0.15, 0.2) is 103 Å². The number of morpholine rings is 1. The maximum Gasteiger partial charge on any atom is 0.321 e. The molecule has 0 saturated carbocycles. The van der Waals surface area contributed by atoms with E-state index in [1.807, 2.05) is 91.5 Å². The minimum absolute atomic E-state index is 0.0296. The number of amides is 3. The predicted octanol–water partition coefficient (Wildman–Crippen LogP) is 8.36. The first-order chi connectivity index (χ1) is 24.7. The van der Waals surface area contributed by atoms with Crippen molar-refractivity contribution in [1.82, 2.24) is 10.2 Å². The molecule has 2 N–H and O–H groups in total. The Labute approximate surface area is 303 Å². The lowest BCUT2D eigenvalue weighted by molar-refractivity contribution is -0.144. The number of ketones is 1. The minimum Gasteiger partial charge on any atom is -0.373 e. The fraction of sp³-hybridized carbons (Fsp3) is 0.372. The first kappa shape index (κ1) is 37.3. The Bertz CT molecular complexity index is 1730. The molecule has 1 saturated heterocycles. The van der Waals surface area contributed by atoms with Crippen LogP contribution in [0.2, 0.25) is 0 Å². The molecule has 1 aliphatic rings. The molecule has 1 fully saturated rings. The van der Waals surface area contributed by atoms with Crippen molar-refractivity contribution in [2.24, 2.45) is 0 Å². The molecular formula is C43H52N4O4. The number of anilines is 2. The van der Waals surface area contributed by atoms with Crippen LogP contribution >= 0.6 is 0 Å². The van der Waals surface area contributed by atoms with Crippen LogP contribution in [0.3, 0.4) is 0 Å². The van der Waals surface area contributed by atoms with Gasteiger partial charge in [-0.25, -0.2) is 4.79 Å². The fourth-order valence-corrected chi connectivity index (χ4v) is 6.64. The summed E-state index contributed by atoms with van der Waals surface area (Å²) in [6.07, 6.45) is 6.03. The Morgan fingerprint density at radius 2 is 1.49 bits per heavy atom. The number of para-hydroxylation sites is 1. The summed E-state index contributed by atoms with van der Waals surface area (Å²) in [5, 5.41) is 6.52. The summed E-state index contributed by atoms with van der Waals surface area (Å²) in [6.45, 7) is 7.85. The van der Waals surface area contributed by atoms with Crippen LogP contribution in [-0.2, 0) is 16.0 Å². The van der Waals surface area contributed by atoms with E-state index in [9.17, 15) is 14.4 Å². The van der Waals surface area contributed by atoms with E-state index < -0.39 is 6.04 Å². The van der Waals surface area contributed by atoms with Gasteiger partial charge in [-0.3, -0.25) is 14.5 Å². The molecule has 2 unspecified atom stereocenters. The molecular weight excluding hydrogens is 636 g/mol. The van der Waals surface area contributed by atoms with Crippen LogP contribution in [0, 0.1) is 0 Å². The van der Waals surface area contributed by atoms with Crippen molar-refractivity contribution in [2.75, 3.05) is 36.9 Å². The number of unbranched alkanes of at least 4 members (excludes halogenated alkanes) is 4. The molecule has 51 heavy (non-hydrogen) atoms. The van der Waals surface area contributed by atoms with Crippen molar-refractivity contribution in [3.05, 3.63) is 120 Å². The molecule has 1 aliphatic heterocycles. The highest BCUT2D eigenvalue weighted by Gasteiger charge is 2.31. The van der Waals surface area contributed by atoms with Crippen LogP contribution in [0.5, 0.6) is 0 Å². The third kappa shape index (κ3) is 10.3. The number of nitrogens with one attached hydrogen (secondary N) is 2. The van der Waals surface area contributed by atoms with Crippen molar-refractivity contribution in [3.8, 4) is 11.1 Å². The fourth-order valence-electron chi connectivity index (χ4n) is 6.64. The second kappa shape index (κ2) is 18.3. The highest BCUT2D eigenvalue weighted by molar-refractivity contribution is 6.12. The Balaban J connectivity index is 1.32. The van der Waals surface area contributed by atoms with Gasteiger partial charge in [0.2, 0.25) is 5.91 Å². The zero-order chi connectivity index (χ0) is 36.2. The third-order valence-electron chi connectivity index (χ3n) is 9.39. The molecule has 8 heteroatoms. The van der Waals surface area contributed by atoms with E-state index >= 15 is 0 Å². The Morgan fingerprint density at radius 3 is 2.22 bits per heavy atom. The summed E-state index contributed by atoms with van der Waals surface area (Å²) in [6, 6.07) is 32.0. The first-order valence-corrected chi connectivity index (χ1v) is 18.3. The number of carbonyl (C=O) groups is 3. The monoisotopic (exact) mass is 688 g/mol. The molecule has 3 amide bonds. The van der Waals surface area contributed by atoms with Crippen LogP contribution in [0.1, 0.15) is 74.4 Å². The van der Waals surface area contributed by atoms with Gasteiger partial charge in [-0.15, -0.1) is 0 Å². The minimum atomic E-state index is -0.611.